The SMILES string of the molecule is CC/C=C\C/C=C\C/C=C\C/C=C\C/C=C\C/C=C\CCCOCC(COC(=O)CCCCC/C=C\C/C=C\C/C=C\C/C=C\C/C=C\CC)OC(=O)CC/C=C\C/C=C\C/C=C\C/C=C\CC. The molecular formula is C63H94O5. The second-order valence-electron chi connectivity index (χ2n) is 16.3. The maximum Gasteiger partial charge on any atom is 0.306 e. The Morgan fingerprint density at radius 1 is 0.324 bits per heavy atom. The molecule has 68 heavy (non-hydrogen) atoms. The van der Waals surface area contributed by atoms with E-state index in [9.17, 15) is 9.59 Å². The van der Waals surface area contributed by atoms with Crippen LogP contribution in [-0.4, -0.2) is 37.9 Å². The molecule has 376 valence electrons. The Bertz CT molecular complexity index is 1620. The highest BCUT2D eigenvalue weighted by Gasteiger charge is 2.17. The predicted molar refractivity (Wildman–Crippen MR) is 297 cm³/mol. The number of carbonyl (C=O) groups excluding carboxylic acids is 2. The normalized spacial score (nSPS) is 13.8. The summed E-state index contributed by atoms with van der Waals surface area (Å²) in [5.41, 5.74) is 0. The highest BCUT2D eigenvalue weighted by Crippen LogP contribution is 2.09. The minimum absolute atomic E-state index is 0.00172. The minimum Gasteiger partial charge on any atom is -0.462 e. The molecule has 0 heterocycles. The van der Waals surface area contributed by atoms with Gasteiger partial charge >= 0.3 is 11.9 Å². The molecule has 0 aliphatic rings. The van der Waals surface area contributed by atoms with E-state index in [-0.39, 0.29) is 31.6 Å². The van der Waals surface area contributed by atoms with Crippen molar-refractivity contribution in [1.82, 2.24) is 0 Å². The molecule has 0 aliphatic heterocycles. The summed E-state index contributed by atoms with van der Waals surface area (Å²) < 4.78 is 17.2. The topological polar surface area (TPSA) is 61.8 Å². The van der Waals surface area contributed by atoms with E-state index in [2.05, 4.69) is 197 Å². The molecule has 0 radical (unpaired) electrons. The van der Waals surface area contributed by atoms with Crippen LogP contribution in [0, 0.1) is 0 Å². The summed E-state index contributed by atoms with van der Waals surface area (Å²) in [5, 5.41) is 0. The van der Waals surface area contributed by atoms with Crippen LogP contribution >= 0.6 is 0 Å². The van der Waals surface area contributed by atoms with Gasteiger partial charge in [0.2, 0.25) is 0 Å². The summed E-state index contributed by atoms with van der Waals surface area (Å²) >= 11 is 0. The average Bonchev–Trinajstić information content (AvgIpc) is 3.34. The third kappa shape index (κ3) is 53.6. The van der Waals surface area contributed by atoms with Crippen molar-refractivity contribution in [2.24, 2.45) is 0 Å². The number of unbranched alkanes of at least 4 members (excludes halogenated alkanes) is 4. The van der Waals surface area contributed by atoms with Gasteiger partial charge in [0.25, 0.3) is 0 Å². The van der Waals surface area contributed by atoms with Crippen molar-refractivity contribution in [1.29, 1.82) is 0 Å². The second-order valence-corrected chi connectivity index (χ2v) is 16.3. The molecule has 0 aromatic heterocycles. The molecule has 0 aromatic rings. The zero-order valence-corrected chi connectivity index (χ0v) is 43.0. The number of rotatable bonds is 45. The Hall–Kier alpha value is -5.00. The minimum atomic E-state index is -0.634. The Balaban J connectivity index is 4.55. The van der Waals surface area contributed by atoms with Gasteiger partial charge < -0.3 is 14.2 Å². The first-order chi connectivity index (χ1) is 33.6. The van der Waals surface area contributed by atoms with Crippen molar-refractivity contribution in [3.8, 4) is 0 Å². The van der Waals surface area contributed by atoms with Gasteiger partial charge in [-0.3, -0.25) is 9.59 Å². The van der Waals surface area contributed by atoms with E-state index in [0.29, 0.717) is 19.4 Å². The molecule has 0 rings (SSSR count). The van der Waals surface area contributed by atoms with Gasteiger partial charge in [0.15, 0.2) is 6.10 Å². The Labute approximate surface area is 417 Å². The molecule has 0 aliphatic carbocycles. The van der Waals surface area contributed by atoms with Crippen LogP contribution in [0.3, 0.4) is 0 Å². The number of hydrogen-bond acceptors (Lipinski definition) is 5. The van der Waals surface area contributed by atoms with Crippen LogP contribution in [0.25, 0.3) is 0 Å². The van der Waals surface area contributed by atoms with Crippen LogP contribution in [0.2, 0.25) is 0 Å². The van der Waals surface area contributed by atoms with Gasteiger partial charge in [-0.1, -0.05) is 209 Å². The lowest BCUT2D eigenvalue weighted by Crippen LogP contribution is -2.30. The summed E-state index contributed by atoms with van der Waals surface area (Å²) in [6.07, 6.45) is 86.4. The van der Waals surface area contributed by atoms with Crippen molar-refractivity contribution in [2.75, 3.05) is 19.8 Å². The van der Waals surface area contributed by atoms with Crippen LogP contribution in [0.15, 0.2) is 182 Å². The molecule has 1 atom stereocenters. The lowest BCUT2D eigenvalue weighted by molar-refractivity contribution is -0.162. The molecule has 5 heteroatoms. The predicted octanol–water partition coefficient (Wildman–Crippen LogP) is 18.2. The molecule has 0 amide bonds. The number of allylic oxidation sites excluding steroid dienone is 30. The molecule has 1 unspecified atom stereocenters. The van der Waals surface area contributed by atoms with E-state index in [4.69, 9.17) is 14.2 Å². The van der Waals surface area contributed by atoms with E-state index >= 15 is 0 Å². The molecule has 0 bridgehead atoms. The van der Waals surface area contributed by atoms with Crippen molar-refractivity contribution in [2.45, 2.75) is 181 Å². The Kier molecular flexibility index (Phi) is 52.2. The van der Waals surface area contributed by atoms with Gasteiger partial charge in [0.05, 0.1) is 6.61 Å². The van der Waals surface area contributed by atoms with Gasteiger partial charge in [-0.05, 0) is 135 Å². The molecule has 0 N–H and O–H groups in total. The molecule has 0 saturated heterocycles. The highest BCUT2D eigenvalue weighted by atomic mass is 16.6. The van der Waals surface area contributed by atoms with Gasteiger partial charge in [0.1, 0.15) is 6.61 Å². The first kappa shape index (κ1) is 63.0. The lowest BCUT2D eigenvalue weighted by Gasteiger charge is -2.18. The zero-order chi connectivity index (χ0) is 49.2. The monoisotopic (exact) mass is 931 g/mol. The Morgan fingerprint density at radius 2 is 0.647 bits per heavy atom. The van der Waals surface area contributed by atoms with E-state index in [0.717, 1.165) is 135 Å². The molecule has 0 spiro atoms. The zero-order valence-electron chi connectivity index (χ0n) is 43.0. The number of ether oxygens (including phenoxy) is 3. The van der Waals surface area contributed by atoms with E-state index in [1.54, 1.807) is 0 Å². The third-order valence-corrected chi connectivity index (χ3v) is 9.93. The van der Waals surface area contributed by atoms with Crippen molar-refractivity contribution in [3.05, 3.63) is 182 Å². The van der Waals surface area contributed by atoms with Gasteiger partial charge in [-0.2, -0.15) is 0 Å². The number of carbonyl (C=O) groups is 2. The smallest absolute Gasteiger partial charge is 0.306 e. The summed E-state index contributed by atoms with van der Waals surface area (Å²) in [6.45, 7) is 7.18. The van der Waals surface area contributed by atoms with Crippen LogP contribution in [0.5, 0.6) is 0 Å². The van der Waals surface area contributed by atoms with Crippen molar-refractivity contribution < 1.29 is 23.8 Å². The molecule has 0 fully saturated rings. The molecular weight excluding hydrogens is 837 g/mol. The quantitative estimate of drug-likeness (QED) is 0.0346. The van der Waals surface area contributed by atoms with Gasteiger partial charge in [-0.15, -0.1) is 0 Å². The Morgan fingerprint density at radius 3 is 1.01 bits per heavy atom. The fourth-order valence-electron chi connectivity index (χ4n) is 6.15. The van der Waals surface area contributed by atoms with Crippen molar-refractivity contribution in [3.63, 3.8) is 0 Å². The number of esters is 2. The highest BCUT2D eigenvalue weighted by molar-refractivity contribution is 5.70. The van der Waals surface area contributed by atoms with Crippen molar-refractivity contribution >= 4 is 11.9 Å². The maximum atomic E-state index is 12.8. The van der Waals surface area contributed by atoms with Gasteiger partial charge in [-0.25, -0.2) is 0 Å². The summed E-state index contributed by atoms with van der Waals surface area (Å²) in [7, 11) is 0. The summed E-state index contributed by atoms with van der Waals surface area (Å²) in [6, 6.07) is 0. The third-order valence-electron chi connectivity index (χ3n) is 9.93. The summed E-state index contributed by atoms with van der Waals surface area (Å²) in [5.74, 6) is -0.580. The molecule has 0 saturated carbocycles. The molecule has 0 aromatic carbocycles. The lowest BCUT2D eigenvalue weighted by atomic mass is 10.1. The van der Waals surface area contributed by atoms with Crippen LogP contribution in [0.1, 0.15) is 175 Å². The largest absolute Gasteiger partial charge is 0.462 e. The van der Waals surface area contributed by atoms with E-state index in [1.165, 1.54) is 0 Å². The maximum absolute atomic E-state index is 12.8. The average molecular weight is 931 g/mol. The van der Waals surface area contributed by atoms with Crippen LogP contribution < -0.4 is 0 Å². The summed E-state index contributed by atoms with van der Waals surface area (Å²) in [4.78, 5) is 25.4. The van der Waals surface area contributed by atoms with E-state index < -0.39 is 6.10 Å². The molecule has 5 nitrogen and oxygen atoms in total. The van der Waals surface area contributed by atoms with Crippen LogP contribution in [-0.2, 0) is 23.8 Å². The van der Waals surface area contributed by atoms with Crippen LogP contribution in [0.4, 0.5) is 0 Å². The van der Waals surface area contributed by atoms with E-state index in [1.807, 2.05) is 6.08 Å². The second kappa shape index (κ2) is 56.3. The fraction of sp³-hybridized carbons (Fsp3) is 0.492. The number of hydrogen-bond donors (Lipinski definition) is 0. The first-order valence-corrected chi connectivity index (χ1v) is 26.3. The standard InChI is InChI=1S/C63H94O5/c1-4-7-10-13-16-19-22-25-27-29-31-33-35-37-40-43-46-49-52-55-58-66-59-61(68-63(65)57-54-51-48-45-42-38-24-21-18-15-12-9-6-3)60-67-62(64)56-53-50-47-44-41-39-36-34-32-30-28-26-23-20-17-14-11-8-5-2/h7-12,16-21,25-28,31-34,37-42,46,48-49,51,61H,4-6,13-15,22-24,29-30,35-36,43-45,47,50,52-60H2,1-3H3/b10-7-,11-8-,12-9-,19-16-,20-17-,21-18-,27-25-,28-26-,33-31-,34-32-,40-37-,41-39-,42-38-,49-46-,51-48-. The first-order valence-electron chi connectivity index (χ1n) is 26.3. The van der Waals surface area contributed by atoms with Gasteiger partial charge in [0, 0.05) is 19.4 Å². The fourth-order valence-corrected chi connectivity index (χ4v) is 6.15.